The summed E-state index contributed by atoms with van der Waals surface area (Å²) in [6.45, 7) is 0. The molecule has 0 saturated carbocycles. The number of methoxy groups -OCH3 is 1. The molecule has 54 valence electrons. The van der Waals surface area contributed by atoms with Crippen LogP contribution in [-0.2, 0) is 0 Å². The van der Waals surface area contributed by atoms with Gasteiger partial charge < -0.3 is 9.84 Å². The van der Waals surface area contributed by atoms with Crippen molar-refractivity contribution in [1.29, 1.82) is 0 Å². The predicted octanol–water partition coefficient (Wildman–Crippen LogP) is 0.935. The normalized spacial score (nSPS) is 9.40. The molecule has 0 bridgehead atoms. The molecule has 1 aromatic heterocycles. The van der Waals surface area contributed by atoms with Crippen LogP contribution in [0.4, 0.5) is 4.39 Å². The van der Waals surface area contributed by atoms with Gasteiger partial charge in [-0.05, 0) is 0 Å². The molecule has 0 fully saturated rings. The van der Waals surface area contributed by atoms with Gasteiger partial charge in [0.15, 0.2) is 17.3 Å². The number of ether oxygens (including phenoxy) is 1. The maximum atomic E-state index is 12.5. The smallest absolute Gasteiger partial charge is 0.199 e. The van der Waals surface area contributed by atoms with Crippen molar-refractivity contribution in [2.24, 2.45) is 0 Å². The minimum absolute atomic E-state index is 0.171. The molecule has 0 amide bonds. The van der Waals surface area contributed by atoms with Gasteiger partial charge in [0.25, 0.3) is 0 Å². The third kappa shape index (κ3) is 1.00. The minimum atomic E-state index is -0.664. The van der Waals surface area contributed by atoms with E-state index in [-0.39, 0.29) is 11.5 Å². The Labute approximate surface area is 57.1 Å². The minimum Gasteiger partial charge on any atom is -0.503 e. The second kappa shape index (κ2) is 2.51. The zero-order valence-corrected chi connectivity index (χ0v) is 5.34. The number of hydrogen-bond donors (Lipinski definition) is 1. The van der Waals surface area contributed by atoms with Crippen molar-refractivity contribution < 1.29 is 14.2 Å². The summed E-state index contributed by atoms with van der Waals surface area (Å²) in [6, 6.07) is 0. The zero-order chi connectivity index (χ0) is 7.56. The fraction of sp³-hybridized carbons (Fsp3) is 0.167. The van der Waals surface area contributed by atoms with Gasteiger partial charge in [-0.25, -0.2) is 4.39 Å². The Morgan fingerprint density at radius 2 is 2.30 bits per heavy atom. The molecule has 3 nitrogen and oxygen atoms in total. The summed E-state index contributed by atoms with van der Waals surface area (Å²) in [6.07, 6.45) is 2.08. The Morgan fingerprint density at radius 3 is 2.70 bits per heavy atom. The number of nitrogens with zero attached hydrogens (tertiary/aromatic N) is 1. The largest absolute Gasteiger partial charge is 0.503 e. The SMILES string of the molecule is COc1c(O)cncc1F. The lowest BCUT2D eigenvalue weighted by molar-refractivity contribution is 0.349. The molecule has 4 heteroatoms. The predicted molar refractivity (Wildman–Crippen MR) is 32.4 cm³/mol. The quantitative estimate of drug-likeness (QED) is 0.636. The van der Waals surface area contributed by atoms with Crippen LogP contribution in [0.5, 0.6) is 11.5 Å². The van der Waals surface area contributed by atoms with Gasteiger partial charge in [-0.15, -0.1) is 0 Å². The number of rotatable bonds is 1. The van der Waals surface area contributed by atoms with Crippen molar-refractivity contribution in [1.82, 2.24) is 4.98 Å². The van der Waals surface area contributed by atoms with Crippen molar-refractivity contribution in [3.05, 3.63) is 18.2 Å². The first-order valence-electron chi connectivity index (χ1n) is 2.62. The molecule has 0 atom stereocenters. The van der Waals surface area contributed by atoms with Crippen LogP contribution in [0.1, 0.15) is 0 Å². The van der Waals surface area contributed by atoms with E-state index in [1.165, 1.54) is 7.11 Å². The number of pyridine rings is 1. The first-order valence-corrected chi connectivity index (χ1v) is 2.62. The molecular weight excluding hydrogens is 137 g/mol. The lowest BCUT2D eigenvalue weighted by Gasteiger charge is -2.01. The molecule has 0 aliphatic rings. The van der Waals surface area contributed by atoms with Crippen LogP contribution in [0.3, 0.4) is 0 Å². The van der Waals surface area contributed by atoms with Gasteiger partial charge in [-0.3, -0.25) is 4.98 Å². The lowest BCUT2D eigenvalue weighted by Crippen LogP contribution is -1.88. The van der Waals surface area contributed by atoms with Crippen molar-refractivity contribution in [3.8, 4) is 11.5 Å². The van der Waals surface area contributed by atoms with Crippen LogP contribution in [0, 0.1) is 5.82 Å². The van der Waals surface area contributed by atoms with Gasteiger partial charge in [0.05, 0.1) is 19.5 Å². The zero-order valence-electron chi connectivity index (χ0n) is 5.34. The first-order chi connectivity index (χ1) is 4.75. The third-order valence-corrected chi connectivity index (χ3v) is 1.04. The summed E-state index contributed by atoms with van der Waals surface area (Å²) >= 11 is 0. The van der Waals surface area contributed by atoms with Crippen LogP contribution < -0.4 is 4.74 Å². The highest BCUT2D eigenvalue weighted by Crippen LogP contribution is 2.26. The van der Waals surface area contributed by atoms with Gasteiger partial charge in [-0.1, -0.05) is 0 Å². The number of hydrogen-bond acceptors (Lipinski definition) is 3. The molecule has 0 saturated heterocycles. The average molecular weight is 143 g/mol. The summed E-state index contributed by atoms with van der Waals surface area (Å²) in [7, 11) is 1.28. The van der Waals surface area contributed by atoms with Gasteiger partial charge >= 0.3 is 0 Å². The van der Waals surface area contributed by atoms with Crippen LogP contribution in [0.2, 0.25) is 0 Å². The maximum Gasteiger partial charge on any atom is 0.199 e. The fourth-order valence-corrected chi connectivity index (χ4v) is 0.615. The summed E-state index contributed by atoms with van der Waals surface area (Å²) < 4.78 is 17.0. The molecule has 0 aliphatic carbocycles. The highest BCUT2D eigenvalue weighted by atomic mass is 19.1. The Balaban J connectivity index is 3.17. The van der Waals surface area contributed by atoms with Crippen LogP contribution in [-0.4, -0.2) is 17.2 Å². The van der Waals surface area contributed by atoms with Gasteiger partial charge in [0.2, 0.25) is 0 Å². The molecule has 1 heterocycles. The van der Waals surface area contributed by atoms with Gasteiger partial charge in [-0.2, -0.15) is 0 Å². The molecule has 0 unspecified atom stereocenters. The highest BCUT2D eigenvalue weighted by molar-refractivity contribution is 5.36. The Hall–Kier alpha value is -1.32. The van der Waals surface area contributed by atoms with E-state index in [1.807, 2.05) is 0 Å². The van der Waals surface area contributed by atoms with E-state index in [0.29, 0.717) is 0 Å². The molecule has 0 radical (unpaired) electrons. The standard InChI is InChI=1S/C6H6FNO2/c1-10-6-4(7)2-8-3-5(6)9/h2-3,9H,1H3. The van der Waals surface area contributed by atoms with Crippen LogP contribution in [0.15, 0.2) is 12.4 Å². The maximum absolute atomic E-state index is 12.5. The average Bonchev–Trinajstić information content (AvgIpc) is 1.88. The number of aromatic nitrogens is 1. The Kier molecular flexibility index (Phi) is 1.71. The van der Waals surface area contributed by atoms with Gasteiger partial charge in [0.1, 0.15) is 0 Å². The highest BCUT2D eigenvalue weighted by Gasteiger charge is 2.06. The van der Waals surface area contributed by atoms with Crippen molar-refractivity contribution >= 4 is 0 Å². The van der Waals surface area contributed by atoms with Gasteiger partial charge in [0, 0.05) is 0 Å². The molecule has 0 spiro atoms. The summed E-state index contributed by atoms with van der Waals surface area (Å²) in [4.78, 5) is 3.39. The molecule has 1 rings (SSSR count). The molecular formula is C6H6FNO2. The number of aromatic hydroxyl groups is 1. The fourth-order valence-electron chi connectivity index (χ4n) is 0.615. The van der Waals surface area contributed by atoms with E-state index >= 15 is 0 Å². The Morgan fingerprint density at radius 1 is 1.60 bits per heavy atom. The van der Waals surface area contributed by atoms with E-state index < -0.39 is 5.82 Å². The molecule has 10 heavy (non-hydrogen) atoms. The molecule has 1 aromatic rings. The second-order valence-corrected chi connectivity index (χ2v) is 1.67. The van der Waals surface area contributed by atoms with E-state index in [0.717, 1.165) is 12.4 Å². The topological polar surface area (TPSA) is 42.4 Å². The van der Waals surface area contributed by atoms with E-state index in [2.05, 4.69) is 9.72 Å². The van der Waals surface area contributed by atoms with Crippen LogP contribution >= 0.6 is 0 Å². The van der Waals surface area contributed by atoms with Crippen molar-refractivity contribution in [2.45, 2.75) is 0 Å². The van der Waals surface area contributed by atoms with E-state index in [1.54, 1.807) is 0 Å². The second-order valence-electron chi connectivity index (χ2n) is 1.67. The lowest BCUT2D eigenvalue weighted by atomic mass is 10.4. The van der Waals surface area contributed by atoms with E-state index in [9.17, 15) is 4.39 Å². The summed E-state index contributed by atoms with van der Waals surface area (Å²) in [5.74, 6) is -1.12. The third-order valence-electron chi connectivity index (χ3n) is 1.04. The molecule has 1 N–H and O–H groups in total. The Bertz CT molecular complexity index is 219. The molecule has 0 aliphatic heterocycles. The first kappa shape index (κ1) is 6.80. The number of halogens is 1. The van der Waals surface area contributed by atoms with E-state index in [4.69, 9.17) is 5.11 Å². The summed E-state index contributed by atoms with van der Waals surface area (Å²) in [5.41, 5.74) is 0. The van der Waals surface area contributed by atoms with Crippen LogP contribution in [0.25, 0.3) is 0 Å². The monoisotopic (exact) mass is 143 g/mol. The summed E-state index contributed by atoms with van der Waals surface area (Å²) in [5, 5.41) is 8.86. The van der Waals surface area contributed by atoms with Crippen molar-refractivity contribution in [2.75, 3.05) is 7.11 Å². The van der Waals surface area contributed by atoms with Crippen molar-refractivity contribution in [3.63, 3.8) is 0 Å². The molecule has 0 aromatic carbocycles.